The lowest BCUT2D eigenvalue weighted by molar-refractivity contribution is -0.134. The molecule has 0 radical (unpaired) electrons. The molecule has 2 aromatic carbocycles. The Bertz CT molecular complexity index is 1750. The van der Waals surface area contributed by atoms with E-state index in [-0.39, 0.29) is 17.4 Å². The predicted octanol–water partition coefficient (Wildman–Crippen LogP) is 3.72. The van der Waals surface area contributed by atoms with Gasteiger partial charge in [0.15, 0.2) is 0 Å². The average molecular weight is 715 g/mol. The smallest absolute Gasteiger partial charge is 0.253 e. The van der Waals surface area contributed by atoms with Crippen molar-refractivity contribution in [1.29, 1.82) is 0 Å². The first kappa shape index (κ1) is 38.5. The van der Waals surface area contributed by atoms with Gasteiger partial charge in [-0.1, -0.05) is 12.1 Å². The topological polar surface area (TPSA) is 125 Å². The maximum atomic E-state index is 13.4. The average Bonchev–Trinajstić information content (AvgIpc) is 3.17. The Balaban J connectivity index is 1.11. The third kappa shape index (κ3) is 9.02. The second-order valence-electron chi connectivity index (χ2n) is 14.0. The number of likely N-dealkylation sites (tertiary alicyclic amines) is 1. The van der Waals surface area contributed by atoms with Crippen LogP contribution in [0.25, 0.3) is 11.1 Å². The second-order valence-corrected chi connectivity index (χ2v) is 14.0. The molecule has 2 aliphatic rings. The number of ether oxygens (including phenoxy) is 2. The number of methoxy groups -OCH3 is 2. The van der Waals surface area contributed by atoms with E-state index in [4.69, 9.17) is 9.47 Å². The number of aldehydes is 1. The summed E-state index contributed by atoms with van der Waals surface area (Å²) in [4.78, 5) is 55.4. The summed E-state index contributed by atoms with van der Waals surface area (Å²) < 4.78 is 13.3. The molecule has 2 saturated heterocycles. The van der Waals surface area contributed by atoms with Gasteiger partial charge in [-0.15, -0.1) is 0 Å². The number of benzene rings is 2. The molecule has 2 N–H and O–H groups in total. The van der Waals surface area contributed by atoms with Crippen LogP contribution in [0, 0.1) is 13.8 Å². The number of rotatable bonds is 14. The van der Waals surface area contributed by atoms with E-state index >= 15 is 0 Å². The number of anilines is 1. The van der Waals surface area contributed by atoms with Gasteiger partial charge in [-0.3, -0.25) is 24.2 Å². The van der Waals surface area contributed by atoms with Gasteiger partial charge in [0.1, 0.15) is 23.8 Å². The van der Waals surface area contributed by atoms with Crippen LogP contribution in [0.3, 0.4) is 0 Å². The molecule has 0 aliphatic carbocycles. The van der Waals surface area contributed by atoms with Gasteiger partial charge < -0.3 is 34.4 Å². The SMILES string of the molecule is CNC(=O)C(CCC=O)Nc1ccc(C2CCN(CC(=O)N3CCN(Cc4c(OC)cc(-c5cn(C)c(=O)c(C)c5C)cc4OC)CC3)CC2)cc1. The minimum Gasteiger partial charge on any atom is -0.496 e. The first-order valence-corrected chi connectivity index (χ1v) is 18.2. The number of aryl methyl sites for hydroxylation is 1. The lowest BCUT2D eigenvalue weighted by Crippen LogP contribution is -2.51. The van der Waals surface area contributed by atoms with Crippen LogP contribution in [-0.4, -0.2) is 110 Å². The number of pyridine rings is 1. The number of nitrogens with one attached hydrogen (secondary N) is 2. The number of hydrogen-bond acceptors (Lipinski definition) is 9. The molecule has 1 unspecified atom stereocenters. The van der Waals surface area contributed by atoms with Crippen molar-refractivity contribution in [2.24, 2.45) is 7.05 Å². The van der Waals surface area contributed by atoms with Crippen LogP contribution in [-0.2, 0) is 28.0 Å². The van der Waals surface area contributed by atoms with Crippen molar-refractivity contribution in [2.75, 3.05) is 72.4 Å². The fraction of sp³-hybridized carbons (Fsp3) is 0.500. The van der Waals surface area contributed by atoms with Crippen LogP contribution in [0.4, 0.5) is 5.69 Å². The van der Waals surface area contributed by atoms with E-state index in [1.165, 1.54) is 5.56 Å². The number of nitrogens with zero attached hydrogens (tertiary/aromatic N) is 4. The van der Waals surface area contributed by atoms with Crippen molar-refractivity contribution in [3.63, 3.8) is 0 Å². The Morgan fingerprint density at radius 1 is 0.923 bits per heavy atom. The van der Waals surface area contributed by atoms with E-state index in [0.29, 0.717) is 44.9 Å². The van der Waals surface area contributed by atoms with E-state index in [1.807, 2.05) is 49.2 Å². The third-order valence-corrected chi connectivity index (χ3v) is 10.8. The molecule has 0 bridgehead atoms. The molecule has 1 aromatic heterocycles. The summed E-state index contributed by atoms with van der Waals surface area (Å²) in [6.45, 7) is 9.49. The van der Waals surface area contributed by atoms with Gasteiger partial charge in [0.2, 0.25) is 11.8 Å². The monoisotopic (exact) mass is 714 g/mol. The molecule has 3 aromatic rings. The molecule has 0 saturated carbocycles. The van der Waals surface area contributed by atoms with Crippen LogP contribution < -0.4 is 25.7 Å². The van der Waals surface area contributed by atoms with Crippen LogP contribution in [0.5, 0.6) is 11.5 Å². The van der Waals surface area contributed by atoms with Crippen molar-refractivity contribution < 1.29 is 23.9 Å². The van der Waals surface area contributed by atoms with Gasteiger partial charge >= 0.3 is 0 Å². The Morgan fingerprint density at radius 2 is 1.56 bits per heavy atom. The summed E-state index contributed by atoms with van der Waals surface area (Å²) in [7, 11) is 6.70. The molecule has 2 amide bonds. The number of carbonyl (C=O) groups excluding carboxylic acids is 3. The van der Waals surface area contributed by atoms with E-state index in [9.17, 15) is 19.2 Å². The Kier molecular flexibility index (Phi) is 13.1. The van der Waals surface area contributed by atoms with Gasteiger partial charge in [0.05, 0.1) is 26.3 Å². The van der Waals surface area contributed by atoms with E-state index in [2.05, 4.69) is 32.6 Å². The molecule has 12 heteroatoms. The minimum absolute atomic E-state index is 0.00430. The standard InChI is InChI=1S/C40H54N6O6/c1-27-28(2)40(50)43(4)24-33(27)31-22-36(51-5)34(37(23-31)52-6)25-45-17-19-46(20-18-45)38(48)26-44-15-13-30(14-16-44)29-9-11-32(12-10-29)42-35(8-7-21-47)39(49)41-3/h9-12,21-24,30,35,42H,7-8,13-20,25-26H2,1-6H3,(H,41,49). The summed E-state index contributed by atoms with van der Waals surface area (Å²) in [6, 6.07) is 11.8. The number of piperazine rings is 1. The molecule has 0 spiro atoms. The number of hydrogen-bond donors (Lipinski definition) is 2. The van der Waals surface area contributed by atoms with Gasteiger partial charge in [0, 0.05) is 76.3 Å². The number of aromatic nitrogens is 1. The van der Waals surface area contributed by atoms with Crippen LogP contribution in [0.1, 0.15) is 53.9 Å². The third-order valence-electron chi connectivity index (χ3n) is 10.8. The summed E-state index contributed by atoms with van der Waals surface area (Å²) >= 11 is 0. The van der Waals surface area contributed by atoms with Crippen molar-refractivity contribution in [1.82, 2.24) is 24.6 Å². The summed E-state index contributed by atoms with van der Waals surface area (Å²) in [5.74, 6) is 1.93. The quantitative estimate of drug-likeness (QED) is 0.241. The molecule has 3 heterocycles. The van der Waals surface area contributed by atoms with Gasteiger partial charge in [-0.05, 0) is 93.1 Å². The number of likely N-dealkylation sites (N-methyl/N-ethyl adjacent to an activating group) is 1. The number of piperidine rings is 1. The molecule has 52 heavy (non-hydrogen) atoms. The van der Waals surface area contributed by atoms with Crippen molar-refractivity contribution in [3.8, 4) is 22.6 Å². The lowest BCUT2D eigenvalue weighted by atomic mass is 9.89. The highest BCUT2D eigenvalue weighted by molar-refractivity contribution is 5.84. The predicted molar refractivity (Wildman–Crippen MR) is 203 cm³/mol. The maximum Gasteiger partial charge on any atom is 0.253 e. The first-order chi connectivity index (χ1) is 25.1. The molecular weight excluding hydrogens is 660 g/mol. The Labute approximate surface area is 307 Å². The molecule has 2 fully saturated rings. The Morgan fingerprint density at radius 3 is 2.13 bits per heavy atom. The van der Waals surface area contributed by atoms with E-state index in [1.54, 1.807) is 32.9 Å². The summed E-state index contributed by atoms with van der Waals surface area (Å²) in [5, 5.41) is 5.91. The summed E-state index contributed by atoms with van der Waals surface area (Å²) in [6.07, 6.45) is 5.43. The van der Waals surface area contributed by atoms with Crippen LogP contribution in [0.15, 0.2) is 47.4 Å². The largest absolute Gasteiger partial charge is 0.496 e. The number of amides is 2. The second kappa shape index (κ2) is 17.7. The minimum atomic E-state index is -0.455. The van der Waals surface area contributed by atoms with Gasteiger partial charge in [-0.25, -0.2) is 0 Å². The molecule has 2 aliphatic heterocycles. The molecule has 5 rings (SSSR count). The highest BCUT2D eigenvalue weighted by Gasteiger charge is 2.27. The Hall–Kier alpha value is -4.68. The van der Waals surface area contributed by atoms with Crippen LogP contribution in [0.2, 0.25) is 0 Å². The van der Waals surface area contributed by atoms with Crippen molar-refractivity contribution in [3.05, 3.63) is 75.2 Å². The molecular formula is C40H54N6O6. The normalized spacial score (nSPS) is 16.3. The van der Waals surface area contributed by atoms with Crippen molar-refractivity contribution in [2.45, 2.75) is 58.0 Å². The van der Waals surface area contributed by atoms with E-state index in [0.717, 1.165) is 90.3 Å². The zero-order chi connectivity index (χ0) is 37.4. The van der Waals surface area contributed by atoms with Gasteiger partial charge in [0.25, 0.3) is 5.56 Å². The molecule has 280 valence electrons. The maximum absolute atomic E-state index is 13.4. The molecule has 12 nitrogen and oxygen atoms in total. The first-order valence-electron chi connectivity index (χ1n) is 18.2. The zero-order valence-electron chi connectivity index (χ0n) is 31.5. The fourth-order valence-corrected chi connectivity index (χ4v) is 7.39. The molecule has 1 atom stereocenters. The zero-order valence-corrected chi connectivity index (χ0v) is 31.5. The number of carbonyl (C=O) groups is 3. The fourth-order valence-electron chi connectivity index (χ4n) is 7.39. The van der Waals surface area contributed by atoms with E-state index < -0.39 is 6.04 Å². The van der Waals surface area contributed by atoms with Crippen molar-refractivity contribution >= 4 is 23.8 Å². The van der Waals surface area contributed by atoms with Crippen LogP contribution >= 0.6 is 0 Å². The highest BCUT2D eigenvalue weighted by Crippen LogP contribution is 2.37. The summed E-state index contributed by atoms with van der Waals surface area (Å²) in [5.41, 5.74) is 6.62. The lowest BCUT2D eigenvalue weighted by Gasteiger charge is -2.37. The highest BCUT2D eigenvalue weighted by atomic mass is 16.5. The van der Waals surface area contributed by atoms with Gasteiger partial charge in [-0.2, -0.15) is 0 Å².